The Morgan fingerprint density at radius 2 is 1.88 bits per heavy atom. The van der Waals surface area contributed by atoms with Crippen LogP contribution in [-0.2, 0) is 15.0 Å². The molecular weight excluding hydrogens is 331 g/mol. The average molecular weight is 360 g/mol. The number of nitrogens with one attached hydrogen (secondary N) is 1. The SMILES string of the molecule is Cc1cc([C@]2(C)CCC(=O)NC2=O)cc(F)c1C1CCN(C(C)C)CC1. The van der Waals surface area contributed by atoms with E-state index in [0.29, 0.717) is 18.0 Å². The molecule has 0 radical (unpaired) electrons. The maximum absolute atomic E-state index is 15.1. The first-order chi connectivity index (χ1) is 12.2. The lowest BCUT2D eigenvalue weighted by Gasteiger charge is -2.36. The van der Waals surface area contributed by atoms with Crippen molar-refractivity contribution in [2.75, 3.05) is 13.1 Å². The van der Waals surface area contributed by atoms with Crippen LogP contribution in [0.15, 0.2) is 12.1 Å². The van der Waals surface area contributed by atoms with Crippen LogP contribution in [0.5, 0.6) is 0 Å². The van der Waals surface area contributed by atoms with Crippen LogP contribution in [0.4, 0.5) is 4.39 Å². The molecule has 1 N–H and O–H groups in total. The van der Waals surface area contributed by atoms with Crippen LogP contribution in [0, 0.1) is 12.7 Å². The van der Waals surface area contributed by atoms with Crippen molar-refractivity contribution in [2.24, 2.45) is 0 Å². The number of nitrogens with zero attached hydrogens (tertiary/aromatic N) is 1. The van der Waals surface area contributed by atoms with Gasteiger partial charge in [-0.2, -0.15) is 0 Å². The Morgan fingerprint density at radius 3 is 2.42 bits per heavy atom. The van der Waals surface area contributed by atoms with E-state index in [-0.39, 0.29) is 30.0 Å². The zero-order valence-electron chi connectivity index (χ0n) is 16.2. The summed E-state index contributed by atoms with van der Waals surface area (Å²) in [5, 5.41) is 2.39. The van der Waals surface area contributed by atoms with E-state index in [1.807, 2.05) is 13.0 Å². The van der Waals surface area contributed by atoms with E-state index in [2.05, 4.69) is 24.1 Å². The molecule has 0 aromatic heterocycles. The predicted molar refractivity (Wildman–Crippen MR) is 99.6 cm³/mol. The number of imide groups is 1. The molecule has 0 spiro atoms. The summed E-state index contributed by atoms with van der Waals surface area (Å²) in [4.78, 5) is 26.3. The van der Waals surface area contributed by atoms with Gasteiger partial charge in [-0.05, 0) is 88.7 Å². The highest BCUT2D eigenvalue weighted by Gasteiger charge is 2.40. The number of piperidine rings is 2. The zero-order valence-corrected chi connectivity index (χ0v) is 16.2. The van der Waals surface area contributed by atoms with E-state index < -0.39 is 5.41 Å². The molecule has 4 nitrogen and oxygen atoms in total. The van der Waals surface area contributed by atoms with Crippen LogP contribution < -0.4 is 5.32 Å². The second-order valence-electron chi connectivity index (χ2n) is 8.30. The van der Waals surface area contributed by atoms with E-state index in [1.54, 1.807) is 6.92 Å². The summed E-state index contributed by atoms with van der Waals surface area (Å²) in [5.41, 5.74) is 1.53. The summed E-state index contributed by atoms with van der Waals surface area (Å²) in [5.74, 6) is -0.564. The van der Waals surface area contributed by atoms with Crippen molar-refractivity contribution in [3.8, 4) is 0 Å². The van der Waals surface area contributed by atoms with Gasteiger partial charge in [-0.25, -0.2) is 4.39 Å². The maximum atomic E-state index is 15.1. The van der Waals surface area contributed by atoms with Crippen molar-refractivity contribution in [2.45, 2.75) is 70.8 Å². The number of halogens is 1. The average Bonchev–Trinajstić information content (AvgIpc) is 2.58. The van der Waals surface area contributed by atoms with Gasteiger partial charge in [0.2, 0.25) is 11.8 Å². The minimum atomic E-state index is -0.848. The van der Waals surface area contributed by atoms with Crippen molar-refractivity contribution in [1.82, 2.24) is 10.2 Å². The Kier molecular flexibility index (Phi) is 5.20. The lowest BCUT2D eigenvalue weighted by atomic mass is 9.74. The lowest BCUT2D eigenvalue weighted by molar-refractivity contribution is -0.137. The largest absolute Gasteiger partial charge is 0.301 e. The smallest absolute Gasteiger partial charge is 0.236 e. The molecule has 0 saturated carbocycles. The van der Waals surface area contributed by atoms with Crippen LogP contribution in [-0.4, -0.2) is 35.8 Å². The number of amides is 2. The molecule has 1 aromatic carbocycles. The molecule has 1 aromatic rings. The third-order valence-corrected chi connectivity index (χ3v) is 6.25. The number of carbonyl (C=O) groups excluding carboxylic acids is 2. The molecule has 0 bridgehead atoms. The Morgan fingerprint density at radius 1 is 1.23 bits per heavy atom. The molecule has 0 aliphatic carbocycles. The second-order valence-corrected chi connectivity index (χ2v) is 8.30. The number of rotatable bonds is 3. The number of likely N-dealkylation sites (tertiary alicyclic amines) is 1. The van der Waals surface area contributed by atoms with Gasteiger partial charge in [0.05, 0.1) is 5.41 Å². The summed E-state index contributed by atoms with van der Waals surface area (Å²) in [6.07, 6.45) is 2.63. The normalized spacial score (nSPS) is 25.6. The molecule has 2 amide bonds. The molecule has 2 aliphatic rings. The summed E-state index contributed by atoms with van der Waals surface area (Å²) < 4.78 is 15.1. The van der Waals surface area contributed by atoms with E-state index in [1.165, 1.54) is 6.07 Å². The molecule has 142 valence electrons. The van der Waals surface area contributed by atoms with Gasteiger partial charge in [-0.3, -0.25) is 14.9 Å². The molecule has 2 fully saturated rings. The number of aryl methyl sites for hydroxylation is 1. The van der Waals surface area contributed by atoms with Gasteiger partial charge < -0.3 is 4.90 Å². The van der Waals surface area contributed by atoms with Gasteiger partial charge in [0.25, 0.3) is 0 Å². The summed E-state index contributed by atoms with van der Waals surface area (Å²) in [6, 6.07) is 3.99. The molecule has 2 heterocycles. The topological polar surface area (TPSA) is 49.4 Å². The lowest BCUT2D eigenvalue weighted by Crippen LogP contribution is -2.49. The quantitative estimate of drug-likeness (QED) is 0.841. The van der Waals surface area contributed by atoms with Crippen LogP contribution in [0.2, 0.25) is 0 Å². The molecule has 2 saturated heterocycles. The van der Waals surface area contributed by atoms with Crippen molar-refractivity contribution in [1.29, 1.82) is 0 Å². The van der Waals surface area contributed by atoms with Gasteiger partial charge in [0, 0.05) is 12.5 Å². The van der Waals surface area contributed by atoms with Crippen LogP contribution in [0.1, 0.15) is 69.1 Å². The third kappa shape index (κ3) is 3.41. The van der Waals surface area contributed by atoms with Crippen molar-refractivity contribution in [3.63, 3.8) is 0 Å². The second kappa shape index (κ2) is 7.10. The predicted octanol–water partition coefficient (Wildman–Crippen LogP) is 3.42. The third-order valence-electron chi connectivity index (χ3n) is 6.25. The first kappa shape index (κ1) is 19.0. The first-order valence-corrected chi connectivity index (χ1v) is 9.61. The van der Waals surface area contributed by atoms with Crippen molar-refractivity contribution in [3.05, 3.63) is 34.6 Å². The monoisotopic (exact) mass is 360 g/mol. The van der Waals surface area contributed by atoms with E-state index in [4.69, 9.17) is 0 Å². The number of carbonyl (C=O) groups is 2. The minimum absolute atomic E-state index is 0.214. The highest BCUT2D eigenvalue weighted by molar-refractivity contribution is 6.03. The number of benzene rings is 1. The molecular formula is C21H29FN2O2. The molecule has 5 heteroatoms. The fourth-order valence-corrected chi connectivity index (χ4v) is 4.37. The maximum Gasteiger partial charge on any atom is 0.236 e. The molecule has 2 aliphatic heterocycles. The summed E-state index contributed by atoms with van der Waals surface area (Å²) in [7, 11) is 0. The van der Waals surface area contributed by atoms with Crippen LogP contribution >= 0.6 is 0 Å². The van der Waals surface area contributed by atoms with Crippen LogP contribution in [0.25, 0.3) is 0 Å². The molecule has 0 unspecified atom stereocenters. The van der Waals surface area contributed by atoms with Gasteiger partial charge in [0.1, 0.15) is 5.82 Å². The van der Waals surface area contributed by atoms with Gasteiger partial charge in [0.15, 0.2) is 0 Å². The van der Waals surface area contributed by atoms with Crippen molar-refractivity contribution >= 4 is 11.8 Å². The Labute approximate surface area is 155 Å². The minimum Gasteiger partial charge on any atom is -0.301 e. The summed E-state index contributed by atoms with van der Waals surface area (Å²) >= 11 is 0. The van der Waals surface area contributed by atoms with Gasteiger partial charge >= 0.3 is 0 Å². The molecule has 26 heavy (non-hydrogen) atoms. The zero-order chi connectivity index (χ0) is 19.1. The highest BCUT2D eigenvalue weighted by atomic mass is 19.1. The highest BCUT2D eigenvalue weighted by Crippen LogP contribution is 2.38. The first-order valence-electron chi connectivity index (χ1n) is 9.61. The number of hydrogen-bond acceptors (Lipinski definition) is 3. The standard InChI is InChI=1S/C21H29FN2O2/c1-13(2)24-9-6-15(7-10-24)19-14(3)11-16(12-17(19)22)21(4)8-5-18(25)23-20(21)26/h11-13,15H,5-10H2,1-4H3,(H,23,25,26)/t21-/m0/s1. The fraction of sp³-hybridized carbons (Fsp3) is 0.619. The molecule has 3 rings (SSSR count). The van der Waals surface area contributed by atoms with Crippen LogP contribution in [0.3, 0.4) is 0 Å². The number of hydrogen-bond donors (Lipinski definition) is 1. The van der Waals surface area contributed by atoms with Crippen molar-refractivity contribution < 1.29 is 14.0 Å². The fourth-order valence-electron chi connectivity index (χ4n) is 4.37. The Hall–Kier alpha value is -1.75. The van der Waals surface area contributed by atoms with E-state index in [9.17, 15) is 9.59 Å². The van der Waals surface area contributed by atoms with Gasteiger partial charge in [-0.1, -0.05) is 6.07 Å². The Balaban J connectivity index is 1.85. The van der Waals surface area contributed by atoms with Gasteiger partial charge in [-0.15, -0.1) is 0 Å². The summed E-state index contributed by atoms with van der Waals surface area (Å²) in [6.45, 7) is 10.1. The Bertz CT molecular complexity index is 700. The van der Waals surface area contributed by atoms with E-state index in [0.717, 1.165) is 37.1 Å². The molecule has 1 atom stereocenters. The van der Waals surface area contributed by atoms with E-state index >= 15 is 4.39 Å².